The van der Waals surface area contributed by atoms with E-state index in [0.717, 1.165) is 44.6 Å². The molecule has 2 aliphatic heterocycles. The maximum Gasteiger partial charge on any atom is 0.115 e. The van der Waals surface area contributed by atoms with E-state index in [0.29, 0.717) is 12.4 Å². The largest absolute Gasteiger partial charge is 0.508 e. The molecule has 0 spiro atoms. The summed E-state index contributed by atoms with van der Waals surface area (Å²) in [5, 5.41) is 19.5. The molecule has 2 N–H and O–H groups in total. The van der Waals surface area contributed by atoms with Gasteiger partial charge in [0.15, 0.2) is 0 Å². The summed E-state index contributed by atoms with van der Waals surface area (Å²) < 4.78 is 0. The number of phenolic OH excluding ortho intramolecular Hbond substituents is 1. The second-order valence-corrected chi connectivity index (χ2v) is 7.09. The Balaban J connectivity index is 1.54. The van der Waals surface area contributed by atoms with E-state index in [1.807, 2.05) is 12.1 Å². The molecular weight excluding hydrogens is 276 g/mol. The van der Waals surface area contributed by atoms with Gasteiger partial charge in [-0.15, -0.1) is 0 Å². The Morgan fingerprint density at radius 3 is 2.36 bits per heavy atom. The van der Waals surface area contributed by atoms with Gasteiger partial charge in [-0.25, -0.2) is 0 Å². The predicted octanol–water partition coefficient (Wildman–Crippen LogP) is 2.06. The second-order valence-electron chi connectivity index (χ2n) is 7.09. The summed E-state index contributed by atoms with van der Waals surface area (Å²) in [6.45, 7) is 6.73. The minimum absolute atomic E-state index is 0.0969. The Bertz CT molecular complexity index is 478. The first kappa shape index (κ1) is 15.8. The third-order valence-corrected chi connectivity index (χ3v) is 5.33. The molecule has 3 rings (SSSR count). The van der Waals surface area contributed by atoms with E-state index in [1.54, 1.807) is 6.07 Å². The Morgan fingerprint density at radius 1 is 1.00 bits per heavy atom. The third kappa shape index (κ3) is 3.80. The number of rotatable bonds is 5. The Labute approximate surface area is 133 Å². The van der Waals surface area contributed by atoms with Crippen molar-refractivity contribution in [1.29, 1.82) is 0 Å². The number of aliphatic hydroxyl groups is 1. The molecule has 0 bridgehead atoms. The standard InChI is InChI=1S/C18H28N2O2/c21-15-18(14-20-8-1-2-9-20)6-10-19(11-7-18)13-16-4-3-5-17(22)12-16/h3-5,12,21-22H,1-2,6-11,13-15H2. The van der Waals surface area contributed by atoms with E-state index < -0.39 is 0 Å². The summed E-state index contributed by atoms with van der Waals surface area (Å²) in [7, 11) is 0. The summed E-state index contributed by atoms with van der Waals surface area (Å²) in [4.78, 5) is 4.97. The van der Waals surface area contributed by atoms with Gasteiger partial charge in [-0.3, -0.25) is 4.90 Å². The van der Waals surface area contributed by atoms with E-state index >= 15 is 0 Å². The number of hydrogen-bond donors (Lipinski definition) is 2. The van der Waals surface area contributed by atoms with Crippen LogP contribution in [0, 0.1) is 5.41 Å². The van der Waals surface area contributed by atoms with Crippen molar-refractivity contribution in [2.75, 3.05) is 39.3 Å². The lowest BCUT2D eigenvalue weighted by Crippen LogP contribution is -2.47. The lowest BCUT2D eigenvalue weighted by atomic mass is 9.78. The maximum atomic E-state index is 9.94. The molecule has 1 aromatic rings. The molecule has 2 aliphatic rings. The van der Waals surface area contributed by atoms with Crippen molar-refractivity contribution in [2.45, 2.75) is 32.2 Å². The average molecular weight is 304 g/mol. The first-order valence-electron chi connectivity index (χ1n) is 8.53. The van der Waals surface area contributed by atoms with Crippen molar-refractivity contribution in [3.63, 3.8) is 0 Å². The molecule has 2 heterocycles. The zero-order valence-electron chi connectivity index (χ0n) is 13.4. The van der Waals surface area contributed by atoms with Crippen molar-refractivity contribution < 1.29 is 10.2 Å². The van der Waals surface area contributed by atoms with Crippen LogP contribution >= 0.6 is 0 Å². The zero-order valence-corrected chi connectivity index (χ0v) is 13.4. The van der Waals surface area contributed by atoms with Crippen LogP contribution in [0.2, 0.25) is 0 Å². The van der Waals surface area contributed by atoms with Gasteiger partial charge in [0, 0.05) is 18.5 Å². The summed E-state index contributed by atoms with van der Waals surface area (Å²) in [5.41, 5.74) is 1.26. The fourth-order valence-electron chi connectivity index (χ4n) is 3.88. The van der Waals surface area contributed by atoms with Crippen LogP contribution in [-0.2, 0) is 6.54 Å². The summed E-state index contributed by atoms with van der Waals surface area (Å²) in [6, 6.07) is 7.53. The van der Waals surface area contributed by atoms with E-state index in [4.69, 9.17) is 0 Å². The van der Waals surface area contributed by atoms with Crippen LogP contribution in [0.5, 0.6) is 5.75 Å². The Hall–Kier alpha value is -1.10. The number of benzene rings is 1. The van der Waals surface area contributed by atoms with Crippen molar-refractivity contribution in [3.05, 3.63) is 29.8 Å². The Kier molecular flexibility index (Phi) is 5.01. The molecule has 0 saturated carbocycles. The number of aromatic hydroxyl groups is 1. The molecule has 0 aromatic heterocycles. The number of piperidine rings is 1. The van der Waals surface area contributed by atoms with Gasteiger partial charge in [0.05, 0.1) is 6.61 Å². The van der Waals surface area contributed by atoms with E-state index in [-0.39, 0.29) is 5.41 Å². The van der Waals surface area contributed by atoms with Crippen molar-refractivity contribution >= 4 is 0 Å². The number of hydrogen-bond acceptors (Lipinski definition) is 4. The van der Waals surface area contributed by atoms with Gasteiger partial charge in [0.25, 0.3) is 0 Å². The van der Waals surface area contributed by atoms with Crippen molar-refractivity contribution in [2.24, 2.45) is 5.41 Å². The van der Waals surface area contributed by atoms with Crippen LogP contribution in [0.4, 0.5) is 0 Å². The quantitative estimate of drug-likeness (QED) is 0.874. The minimum Gasteiger partial charge on any atom is -0.508 e. The van der Waals surface area contributed by atoms with Crippen LogP contribution in [-0.4, -0.2) is 59.3 Å². The van der Waals surface area contributed by atoms with Gasteiger partial charge in [-0.2, -0.15) is 0 Å². The lowest BCUT2D eigenvalue weighted by Gasteiger charge is -2.42. The molecule has 0 aliphatic carbocycles. The summed E-state index contributed by atoms with van der Waals surface area (Å²) in [5.74, 6) is 0.341. The molecule has 0 unspecified atom stereocenters. The van der Waals surface area contributed by atoms with Crippen molar-refractivity contribution in [1.82, 2.24) is 9.80 Å². The highest BCUT2D eigenvalue weighted by atomic mass is 16.3. The minimum atomic E-state index is 0.0969. The highest BCUT2D eigenvalue weighted by Gasteiger charge is 2.36. The molecule has 4 nitrogen and oxygen atoms in total. The zero-order chi connectivity index (χ0) is 15.4. The first-order valence-corrected chi connectivity index (χ1v) is 8.53. The normalized spacial score (nSPS) is 23.0. The molecular formula is C18H28N2O2. The highest BCUT2D eigenvalue weighted by molar-refractivity contribution is 5.27. The number of aliphatic hydroxyl groups excluding tert-OH is 1. The van der Waals surface area contributed by atoms with Crippen LogP contribution < -0.4 is 0 Å². The van der Waals surface area contributed by atoms with Crippen LogP contribution in [0.15, 0.2) is 24.3 Å². The van der Waals surface area contributed by atoms with Crippen LogP contribution in [0.25, 0.3) is 0 Å². The van der Waals surface area contributed by atoms with Gasteiger partial charge in [-0.05, 0) is 69.6 Å². The van der Waals surface area contributed by atoms with Crippen molar-refractivity contribution in [3.8, 4) is 5.75 Å². The predicted molar refractivity (Wildman–Crippen MR) is 87.8 cm³/mol. The van der Waals surface area contributed by atoms with Crippen LogP contribution in [0.1, 0.15) is 31.2 Å². The molecule has 22 heavy (non-hydrogen) atoms. The second kappa shape index (κ2) is 6.99. The van der Waals surface area contributed by atoms with E-state index in [2.05, 4.69) is 15.9 Å². The van der Waals surface area contributed by atoms with Gasteiger partial charge in [0.1, 0.15) is 5.75 Å². The van der Waals surface area contributed by atoms with Crippen LogP contribution in [0.3, 0.4) is 0 Å². The molecule has 2 fully saturated rings. The smallest absolute Gasteiger partial charge is 0.115 e. The molecule has 1 aromatic carbocycles. The monoisotopic (exact) mass is 304 g/mol. The summed E-state index contributed by atoms with van der Waals surface area (Å²) >= 11 is 0. The van der Waals surface area contributed by atoms with Gasteiger partial charge >= 0.3 is 0 Å². The summed E-state index contributed by atoms with van der Waals surface area (Å²) in [6.07, 6.45) is 4.76. The highest BCUT2D eigenvalue weighted by Crippen LogP contribution is 2.33. The fraction of sp³-hybridized carbons (Fsp3) is 0.667. The van der Waals surface area contributed by atoms with Gasteiger partial charge in [-0.1, -0.05) is 12.1 Å². The molecule has 0 atom stereocenters. The van der Waals surface area contributed by atoms with E-state index in [9.17, 15) is 10.2 Å². The number of nitrogens with zero attached hydrogens (tertiary/aromatic N) is 2. The molecule has 2 saturated heterocycles. The van der Waals surface area contributed by atoms with Gasteiger partial charge in [0.2, 0.25) is 0 Å². The third-order valence-electron chi connectivity index (χ3n) is 5.33. The maximum absolute atomic E-state index is 9.94. The fourth-order valence-corrected chi connectivity index (χ4v) is 3.88. The Morgan fingerprint density at radius 2 is 1.73 bits per heavy atom. The lowest BCUT2D eigenvalue weighted by molar-refractivity contribution is 0.0165. The SMILES string of the molecule is OCC1(CN2CCCC2)CCN(Cc2cccc(O)c2)CC1. The first-order chi connectivity index (χ1) is 10.7. The average Bonchev–Trinajstić information content (AvgIpc) is 3.02. The topological polar surface area (TPSA) is 46.9 Å². The molecule has 4 heteroatoms. The number of phenols is 1. The van der Waals surface area contributed by atoms with Gasteiger partial charge < -0.3 is 15.1 Å². The molecule has 0 amide bonds. The van der Waals surface area contributed by atoms with E-state index in [1.165, 1.54) is 25.9 Å². The number of likely N-dealkylation sites (tertiary alicyclic amines) is 2. The molecule has 122 valence electrons. The molecule has 0 radical (unpaired) electrons.